The van der Waals surface area contributed by atoms with Crippen LogP contribution in [0.15, 0.2) is 42.5 Å². The topological polar surface area (TPSA) is 64.0 Å². The highest BCUT2D eigenvalue weighted by molar-refractivity contribution is 6.37. The number of ketones is 1. The van der Waals surface area contributed by atoms with Gasteiger partial charge in [-0.2, -0.15) is 5.10 Å². The van der Waals surface area contributed by atoms with Crippen molar-refractivity contribution < 1.29 is 9.59 Å². The van der Waals surface area contributed by atoms with E-state index in [0.717, 1.165) is 5.56 Å². The lowest BCUT2D eigenvalue weighted by atomic mass is 10.0. The van der Waals surface area contributed by atoms with Gasteiger partial charge in [0, 0.05) is 23.2 Å². The summed E-state index contributed by atoms with van der Waals surface area (Å²) in [5, 5.41) is 7.78. The number of nitrogens with one attached hydrogen (secondary N) is 1. The molecule has 2 aromatic carbocycles. The summed E-state index contributed by atoms with van der Waals surface area (Å²) < 4.78 is 1.47. The molecule has 3 rings (SSSR count). The predicted molar refractivity (Wildman–Crippen MR) is 107 cm³/mol. The molecule has 0 bridgehead atoms. The molecular weight excluding hydrogens is 385 g/mol. The number of benzene rings is 2. The second kappa shape index (κ2) is 7.55. The fraction of sp³-hybridized carbons (Fsp3) is 0.150. The SMILES string of the molecule is Cc1ccccc1C(=O)Nc1c(C(=O)c2ccc(Cl)cc2Cl)c(C)nn1C. The first kappa shape index (κ1) is 19.1. The van der Waals surface area contributed by atoms with Crippen molar-refractivity contribution in [3.63, 3.8) is 0 Å². The Bertz CT molecular complexity index is 1060. The number of carbonyl (C=O) groups excluding carboxylic acids is 2. The lowest BCUT2D eigenvalue weighted by Crippen LogP contribution is -2.18. The van der Waals surface area contributed by atoms with Crippen LogP contribution in [0, 0.1) is 13.8 Å². The average molecular weight is 402 g/mol. The third-order valence-electron chi connectivity index (χ3n) is 4.25. The van der Waals surface area contributed by atoms with E-state index in [-0.39, 0.29) is 16.7 Å². The van der Waals surface area contributed by atoms with Crippen molar-refractivity contribution in [3.8, 4) is 0 Å². The molecule has 3 aromatic rings. The van der Waals surface area contributed by atoms with Gasteiger partial charge in [0.2, 0.25) is 0 Å². The summed E-state index contributed by atoms with van der Waals surface area (Å²) >= 11 is 12.1. The van der Waals surface area contributed by atoms with E-state index >= 15 is 0 Å². The normalized spacial score (nSPS) is 10.7. The van der Waals surface area contributed by atoms with Gasteiger partial charge in [-0.05, 0) is 43.7 Å². The molecular formula is C20H17Cl2N3O2. The molecule has 1 N–H and O–H groups in total. The van der Waals surface area contributed by atoms with Gasteiger partial charge in [0.25, 0.3) is 5.91 Å². The van der Waals surface area contributed by atoms with Crippen LogP contribution in [-0.2, 0) is 7.05 Å². The van der Waals surface area contributed by atoms with Gasteiger partial charge in [-0.25, -0.2) is 0 Å². The van der Waals surface area contributed by atoms with Crippen molar-refractivity contribution in [1.82, 2.24) is 9.78 Å². The third-order valence-corrected chi connectivity index (χ3v) is 4.79. The summed E-state index contributed by atoms with van der Waals surface area (Å²) in [4.78, 5) is 25.8. The van der Waals surface area contributed by atoms with E-state index in [0.29, 0.717) is 33.2 Å². The number of anilines is 1. The summed E-state index contributed by atoms with van der Waals surface area (Å²) in [6, 6.07) is 11.9. The highest BCUT2D eigenvalue weighted by Crippen LogP contribution is 2.28. The van der Waals surface area contributed by atoms with Crippen LogP contribution in [-0.4, -0.2) is 21.5 Å². The third kappa shape index (κ3) is 3.75. The molecule has 138 valence electrons. The summed E-state index contributed by atoms with van der Waals surface area (Å²) in [5.41, 5.74) is 2.45. The number of carbonyl (C=O) groups is 2. The van der Waals surface area contributed by atoms with Crippen molar-refractivity contribution >= 4 is 40.7 Å². The molecule has 1 heterocycles. The van der Waals surface area contributed by atoms with Crippen molar-refractivity contribution in [1.29, 1.82) is 0 Å². The smallest absolute Gasteiger partial charge is 0.257 e. The summed E-state index contributed by atoms with van der Waals surface area (Å²) in [6.07, 6.45) is 0. The summed E-state index contributed by atoms with van der Waals surface area (Å²) in [7, 11) is 1.67. The Labute approximate surface area is 166 Å². The standard InChI is InChI=1S/C20H17Cl2N3O2/c1-11-6-4-5-7-14(11)20(27)23-19-17(12(2)24-25(19)3)18(26)15-9-8-13(21)10-16(15)22/h4-10H,1-3H3,(H,23,27). The molecule has 0 atom stereocenters. The minimum absolute atomic E-state index is 0.243. The van der Waals surface area contributed by atoms with Gasteiger partial charge in [-0.15, -0.1) is 0 Å². The zero-order valence-electron chi connectivity index (χ0n) is 15.0. The Hall–Kier alpha value is -2.63. The van der Waals surface area contributed by atoms with E-state index in [2.05, 4.69) is 10.4 Å². The molecule has 0 radical (unpaired) electrons. The second-order valence-corrected chi connectivity index (χ2v) is 7.00. The summed E-state index contributed by atoms with van der Waals surface area (Å²) in [5.74, 6) is -0.327. The van der Waals surface area contributed by atoms with Crippen LogP contribution in [0.25, 0.3) is 0 Å². The molecule has 0 fully saturated rings. The van der Waals surface area contributed by atoms with Crippen molar-refractivity contribution in [2.24, 2.45) is 7.05 Å². The first-order valence-corrected chi connectivity index (χ1v) is 8.95. The second-order valence-electron chi connectivity index (χ2n) is 6.15. The minimum atomic E-state index is -0.331. The van der Waals surface area contributed by atoms with E-state index in [4.69, 9.17) is 23.2 Å². The molecule has 7 heteroatoms. The van der Waals surface area contributed by atoms with Gasteiger partial charge in [-0.3, -0.25) is 14.3 Å². The Morgan fingerprint density at radius 2 is 1.74 bits per heavy atom. The molecule has 1 amide bonds. The minimum Gasteiger partial charge on any atom is -0.306 e. The van der Waals surface area contributed by atoms with Gasteiger partial charge >= 0.3 is 0 Å². The zero-order chi connectivity index (χ0) is 19.7. The highest BCUT2D eigenvalue weighted by atomic mass is 35.5. The highest BCUT2D eigenvalue weighted by Gasteiger charge is 2.25. The van der Waals surface area contributed by atoms with E-state index in [1.165, 1.54) is 10.7 Å². The number of rotatable bonds is 4. The molecule has 1 aromatic heterocycles. The molecule has 27 heavy (non-hydrogen) atoms. The Morgan fingerprint density at radius 1 is 1.04 bits per heavy atom. The number of hydrogen-bond acceptors (Lipinski definition) is 3. The van der Waals surface area contributed by atoms with Gasteiger partial charge in [0.15, 0.2) is 5.78 Å². The van der Waals surface area contributed by atoms with E-state index in [1.54, 1.807) is 38.2 Å². The lowest BCUT2D eigenvalue weighted by molar-refractivity contribution is 0.102. The van der Waals surface area contributed by atoms with Crippen LogP contribution in [0.2, 0.25) is 10.0 Å². The maximum Gasteiger partial charge on any atom is 0.257 e. The van der Waals surface area contributed by atoms with Crippen LogP contribution in [0.1, 0.15) is 37.5 Å². The molecule has 0 aliphatic heterocycles. The van der Waals surface area contributed by atoms with Crippen molar-refractivity contribution in [2.45, 2.75) is 13.8 Å². The number of amides is 1. The van der Waals surface area contributed by atoms with Gasteiger partial charge < -0.3 is 5.32 Å². The number of nitrogens with zero attached hydrogens (tertiary/aromatic N) is 2. The van der Waals surface area contributed by atoms with E-state index < -0.39 is 0 Å². The average Bonchev–Trinajstić information content (AvgIpc) is 2.88. The molecule has 5 nitrogen and oxygen atoms in total. The molecule has 0 aliphatic rings. The summed E-state index contributed by atoms with van der Waals surface area (Å²) in [6.45, 7) is 3.56. The van der Waals surface area contributed by atoms with Crippen molar-refractivity contribution in [3.05, 3.63) is 80.5 Å². The lowest BCUT2D eigenvalue weighted by Gasteiger charge is -2.11. The van der Waals surface area contributed by atoms with E-state index in [9.17, 15) is 9.59 Å². The van der Waals surface area contributed by atoms with Crippen molar-refractivity contribution in [2.75, 3.05) is 5.32 Å². The maximum atomic E-state index is 13.1. The monoisotopic (exact) mass is 401 g/mol. The maximum absolute atomic E-state index is 13.1. The van der Waals surface area contributed by atoms with Gasteiger partial charge in [0.05, 0.1) is 16.3 Å². The molecule has 0 spiro atoms. The molecule has 0 saturated heterocycles. The van der Waals surface area contributed by atoms with Crippen LogP contribution < -0.4 is 5.32 Å². The van der Waals surface area contributed by atoms with Crippen LogP contribution >= 0.6 is 23.2 Å². The first-order chi connectivity index (χ1) is 12.8. The van der Waals surface area contributed by atoms with E-state index in [1.807, 2.05) is 19.1 Å². The molecule has 0 saturated carbocycles. The number of halogens is 2. The largest absolute Gasteiger partial charge is 0.306 e. The number of aryl methyl sites for hydroxylation is 3. The number of hydrogen-bond donors (Lipinski definition) is 1. The Kier molecular flexibility index (Phi) is 5.35. The fourth-order valence-corrected chi connectivity index (χ4v) is 3.38. The zero-order valence-corrected chi connectivity index (χ0v) is 16.5. The Morgan fingerprint density at radius 3 is 2.41 bits per heavy atom. The van der Waals surface area contributed by atoms with Gasteiger partial charge in [-0.1, -0.05) is 41.4 Å². The molecule has 0 unspecified atom stereocenters. The predicted octanol–water partition coefficient (Wildman–Crippen LogP) is 4.83. The van der Waals surface area contributed by atoms with Crippen LogP contribution in [0.3, 0.4) is 0 Å². The van der Waals surface area contributed by atoms with Gasteiger partial charge in [0.1, 0.15) is 5.82 Å². The quantitative estimate of drug-likeness (QED) is 0.636. The van der Waals surface area contributed by atoms with Crippen LogP contribution in [0.4, 0.5) is 5.82 Å². The number of aromatic nitrogens is 2. The first-order valence-electron chi connectivity index (χ1n) is 8.20. The fourth-order valence-electron chi connectivity index (χ4n) is 2.88. The molecule has 0 aliphatic carbocycles. The Balaban J connectivity index is 2.02. The van der Waals surface area contributed by atoms with Crippen LogP contribution in [0.5, 0.6) is 0 Å².